The molecule has 208 valence electrons. The first kappa shape index (κ1) is 31.6. The Labute approximate surface area is 236 Å². The second kappa shape index (κ2) is 15.1. The Morgan fingerprint density at radius 3 is 1.67 bits per heavy atom. The molecule has 7 nitrogen and oxygen atoms in total. The molecule has 39 heavy (non-hydrogen) atoms. The van der Waals surface area contributed by atoms with E-state index in [1.54, 1.807) is 26.8 Å². The van der Waals surface area contributed by atoms with Crippen LogP contribution in [0.2, 0.25) is 11.1 Å². The lowest BCUT2D eigenvalue weighted by Crippen LogP contribution is -2.45. The van der Waals surface area contributed by atoms with Crippen molar-refractivity contribution in [2.24, 2.45) is 0 Å². The second-order valence-corrected chi connectivity index (χ2v) is 11.9. The van der Waals surface area contributed by atoms with Crippen LogP contribution < -0.4 is 4.74 Å². The fraction of sp³-hybridized carbons (Fsp3) is 0.300. The zero-order valence-electron chi connectivity index (χ0n) is 23.2. The molecular weight excluding hydrogens is 536 g/mol. The highest BCUT2D eigenvalue weighted by Gasteiger charge is 2.49. The van der Waals surface area contributed by atoms with Gasteiger partial charge in [-0.3, -0.25) is 14.4 Å². The van der Waals surface area contributed by atoms with Crippen LogP contribution in [0.25, 0.3) is 11.1 Å². The highest BCUT2D eigenvalue weighted by atomic mass is 35.5. The third kappa shape index (κ3) is 10.9. The average molecular weight is 571 g/mol. The number of halogens is 1. The zero-order valence-corrected chi connectivity index (χ0v) is 25.0. The van der Waals surface area contributed by atoms with E-state index in [2.05, 4.69) is 0 Å². The molecule has 2 aromatic carbocycles. The molecule has 0 heterocycles. The van der Waals surface area contributed by atoms with E-state index in [1.165, 1.54) is 39.0 Å². The number of para-hydroxylation sites is 1. The first-order valence-corrected chi connectivity index (χ1v) is 14.8. The lowest BCUT2D eigenvalue weighted by Gasteiger charge is -2.31. The predicted molar refractivity (Wildman–Crippen MR) is 154 cm³/mol. The Kier molecular flexibility index (Phi) is 12.2. The fourth-order valence-corrected chi connectivity index (χ4v) is 6.75. The molecule has 9 heteroatoms. The first-order chi connectivity index (χ1) is 18.4. The molecule has 0 radical (unpaired) electrons. The van der Waals surface area contributed by atoms with E-state index in [0.717, 1.165) is 11.1 Å². The number of carbonyl (C=O) groups is 3. The van der Waals surface area contributed by atoms with Gasteiger partial charge in [0.1, 0.15) is 5.75 Å². The van der Waals surface area contributed by atoms with Crippen molar-refractivity contribution < 1.29 is 32.4 Å². The normalized spacial score (nSPS) is 12.5. The van der Waals surface area contributed by atoms with Crippen LogP contribution in [0, 0.1) is 0 Å². The van der Waals surface area contributed by atoms with Crippen LogP contribution in [0.1, 0.15) is 48.0 Å². The summed E-state index contributed by atoms with van der Waals surface area (Å²) in [6.45, 7) is 9.32. The molecular formula is C30H35ClO7Si. The third-order valence-corrected chi connectivity index (χ3v) is 8.26. The molecule has 2 aromatic rings. The smallest absolute Gasteiger partial charge is 0.491 e. The maximum Gasteiger partial charge on any atom is 0.698 e. The minimum atomic E-state index is -3.69. The van der Waals surface area contributed by atoms with E-state index in [0.29, 0.717) is 34.5 Å². The van der Waals surface area contributed by atoms with Gasteiger partial charge in [0.15, 0.2) is 17.3 Å². The number of benzene rings is 2. The molecule has 0 spiro atoms. The first-order valence-electron chi connectivity index (χ1n) is 12.5. The van der Waals surface area contributed by atoms with E-state index < -0.39 is 8.80 Å². The van der Waals surface area contributed by atoms with Crippen LogP contribution in [0.3, 0.4) is 0 Å². The summed E-state index contributed by atoms with van der Waals surface area (Å²) in [6, 6.07) is 15.6. The molecule has 0 aromatic heterocycles. The molecule has 0 aliphatic heterocycles. The maximum atomic E-state index is 11.7. The van der Waals surface area contributed by atoms with Crippen molar-refractivity contribution in [3.05, 3.63) is 89.1 Å². The van der Waals surface area contributed by atoms with Crippen molar-refractivity contribution in [2.75, 3.05) is 6.61 Å². The van der Waals surface area contributed by atoms with Crippen molar-refractivity contribution >= 4 is 37.8 Å². The van der Waals surface area contributed by atoms with E-state index in [-0.39, 0.29) is 30.0 Å². The van der Waals surface area contributed by atoms with Gasteiger partial charge in [0.2, 0.25) is 0 Å². The predicted octanol–water partition coefficient (Wildman–Crippen LogP) is 7.24. The average Bonchev–Trinajstić information content (AvgIpc) is 2.81. The SMILES string of the molecule is CC(=O)/C=C(/C)O[Si](CCCOc1c(Cl)cccc1-c1ccccc1)(O/C(C)=C/C(C)=O)O/C(C)=C/C(C)=O. The molecule has 0 aliphatic carbocycles. The molecule has 0 unspecified atom stereocenters. The number of ketones is 3. The van der Waals surface area contributed by atoms with Crippen LogP contribution in [0.4, 0.5) is 0 Å². The van der Waals surface area contributed by atoms with Gasteiger partial charge in [-0.2, -0.15) is 0 Å². The Morgan fingerprint density at radius 2 is 1.21 bits per heavy atom. The summed E-state index contributed by atoms with van der Waals surface area (Å²) in [5.41, 5.74) is 1.82. The van der Waals surface area contributed by atoms with Gasteiger partial charge in [-0.25, -0.2) is 0 Å². The summed E-state index contributed by atoms with van der Waals surface area (Å²) in [7, 11) is -3.69. The summed E-state index contributed by atoms with van der Waals surface area (Å²) in [4.78, 5) is 35.1. The standard InChI is InChI=1S/C30H35ClO7Si/c1-21(32)18-24(4)36-39(37-25(5)19-22(2)33,38-26(6)20-23(3)34)17-11-16-35-30-28(14-10-15-29(30)31)27-12-8-7-9-13-27/h7-10,12-15,18-20H,11,16-17H2,1-6H3/b24-18-,25-19+,26-20+. The minimum Gasteiger partial charge on any atom is -0.491 e. The molecule has 0 saturated heterocycles. The van der Waals surface area contributed by atoms with E-state index in [1.807, 2.05) is 42.5 Å². The van der Waals surface area contributed by atoms with Crippen LogP contribution in [0.15, 0.2) is 84.0 Å². The molecule has 0 fully saturated rings. The number of hydrogen-bond acceptors (Lipinski definition) is 7. The maximum absolute atomic E-state index is 11.7. The topological polar surface area (TPSA) is 88.1 Å². The van der Waals surface area contributed by atoms with Gasteiger partial charge >= 0.3 is 8.80 Å². The number of carbonyl (C=O) groups excluding carboxylic acids is 3. The molecule has 0 N–H and O–H groups in total. The summed E-state index contributed by atoms with van der Waals surface area (Å²) in [6.07, 6.45) is 4.40. The van der Waals surface area contributed by atoms with Gasteiger partial charge in [0.05, 0.1) is 35.0 Å². The van der Waals surface area contributed by atoms with Gasteiger partial charge in [0.25, 0.3) is 0 Å². The highest BCUT2D eigenvalue weighted by molar-refractivity contribution is 6.61. The minimum absolute atomic E-state index is 0.210. The van der Waals surface area contributed by atoms with Crippen molar-refractivity contribution in [1.82, 2.24) is 0 Å². The molecule has 0 atom stereocenters. The van der Waals surface area contributed by atoms with Crippen molar-refractivity contribution in [2.45, 2.75) is 54.0 Å². The lowest BCUT2D eigenvalue weighted by molar-refractivity contribution is -0.113. The van der Waals surface area contributed by atoms with Gasteiger partial charge in [-0.1, -0.05) is 54.1 Å². The summed E-state index contributed by atoms with van der Waals surface area (Å²) < 4.78 is 24.7. The fourth-order valence-electron chi connectivity index (χ4n) is 3.86. The van der Waals surface area contributed by atoms with Gasteiger partial charge in [-0.05, 0) is 59.6 Å². The van der Waals surface area contributed by atoms with E-state index >= 15 is 0 Å². The summed E-state index contributed by atoms with van der Waals surface area (Å²) in [5.74, 6) is 0.790. The van der Waals surface area contributed by atoms with Crippen LogP contribution in [-0.4, -0.2) is 32.8 Å². The van der Waals surface area contributed by atoms with Crippen LogP contribution in [-0.2, 0) is 27.7 Å². The van der Waals surface area contributed by atoms with Gasteiger partial charge < -0.3 is 18.0 Å². The Hall–Kier alpha value is -3.62. The van der Waals surface area contributed by atoms with E-state index in [9.17, 15) is 14.4 Å². The zero-order chi connectivity index (χ0) is 29.0. The van der Waals surface area contributed by atoms with Crippen LogP contribution in [0.5, 0.6) is 5.75 Å². The number of rotatable bonds is 15. The molecule has 0 saturated carbocycles. The Bertz CT molecular complexity index is 1190. The summed E-state index contributed by atoms with van der Waals surface area (Å²) >= 11 is 6.49. The van der Waals surface area contributed by atoms with Gasteiger partial charge in [0, 0.05) is 23.8 Å². The lowest BCUT2D eigenvalue weighted by atomic mass is 10.0. The Morgan fingerprint density at radius 1 is 0.718 bits per heavy atom. The monoisotopic (exact) mass is 570 g/mol. The second-order valence-electron chi connectivity index (χ2n) is 9.02. The number of ether oxygens (including phenoxy) is 1. The quantitative estimate of drug-likeness (QED) is 0.0964. The Balaban J connectivity index is 2.37. The van der Waals surface area contributed by atoms with E-state index in [4.69, 9.17) is 29.6 Å². The van der Waals surface area contributed by atoms with Crippen molar-refractivity contribution in [1.29, 1.82) is 0 Å². The summed E-state index contributed by atoms with van der Waals surface area (Å²) in [5, 5.41) is 0.476. The third-order valence-electron chi connectivity index (χ3n) is 5.09. The van der Waals surface area contributed by atoms with Crippen molar-refractivity contribution in [3.8, 4) is 16.9 Å². The van der Waals surface area contributed by atoms with Crippen molar-refractivity contribution in [3.63, 3.8) is 0 Å². The number of hydrogen-bond donors (Lipinski definition) is 0. The molecule has 0 bridgehead atoms. The molecule has 2 rings (SSSR count). The van der Waals surface area contributed by atoms with Gasteiger partial charge in [-0.15, -0.1) is 0 Å². The number of allylic oxidation sites excluding steroid dienone is 6. The molecule has 0 aliphatic rings. The molecule has 0 amide bonds. The van der Waals surface area contributed by atoms with Crippen LogP contribution >= 0.6 is 11.6 Å². The largest absolute Gasteiger partial charge is 0.698 e. The highest BCUT2D eigenvalue weighted by Crippen LogP contribution is 2.36.